The summed E-state index contributed by atoms with van der Waals surface area (Å²) in [5.74, 6) is -0.382. The molecular formula is C20H16N2O3S. The molecule has 4 rings (SSSR count). The number of aryl methyl sites for hydroxylation is 2. The van der Waals surface area contributed by atoms with E-state index in [-0.39, 0.29) is 11.5 Å². The quantitative estimate of drug-likeness (QED) is 0.513. The largest absolute Gasteiger partial charge is 0.465 e. The normalized spacial score (nSPS) is 12.2. The van der Waals surface area contributed by atoms with E-state index in [0.717, 1.165) is 27.7 Å². The van der Waals surface area contributed by atoms with Crippen LogP contribution in [0.3, 0.4) is 0 Å². The van der Waals surface area contributed by atoms with Crippen LogP contribution in [0.15, 0.2) is 41.2 Å². The molecule has 0 unspecified atom stereocenters. The maximum Gasteiger partial charge on any atom is 0.337 e. The SMILES string of the molecule is COC(=O)c1ccc(C=c2sc3nc4cc(C)c(C)cc4n3c2=O)cc1. The minimum absolute atomic E-state index is 0.0761. The standard InChI is InChI=1S/C20H16N2O3S/c1-11-8-15-16(9-12(11)2)22-18(23)17(26-20(22)21-15)10-13-4-6-14(7-5-13)19(24)25-3/h4-10H,1-3H3. The third-order valence-electron chi connectivity index (χ3n) is 4.48. The van der Waals surface area contributed by atoms with Crippen molar-refractivity contribution in [2.45, 2.75) is 13.8 Å². The number of methoxy groups -OCH3 is 1. The number of nitrogens with zero attached hydrogens (tertiary/aromatic N) is 2. The van der Waals surface area contributed by atoms with E-state index in [1.807, 2.05) is 32.1 Å². The fourth-order valence-electron chi connectivity index (χ4n) is 2.90. The number of fused-ring (bicyclic) bond motifs is 3. The van der Waals surface area contributed by atoms with Crippen LogP contribution in [0.5, 0.6) is 0 Å². The summed E-state index contributed by atoms with van der Waals surface area (Å²) in [5.41, 5.74) is 5.21. The van der Waals surface area contributed by atoms with E-state index in [2.05, 4.69) is 4.98 Å². The van der Waals surface area contributed by atoms with Crippen LogP contribution in [-0.2, 0) is 4.74 Å². The summed E-state index contributed by atoms with van der Waals surface area (Å²) >= 11 is 1.36. The van der Waals surface area contributed by atoms with E-state index in [4.69, 9.17) is 4.74 Å². The monoisotopic (exact) mass is 364 g/mol. The molecule has 0 fully saturated rings. The average molecular weight is 364 g/mol. The van der Waals surface area contributed by atoms with Crippen LogP contribution in [0.4, 0.5) is 0 Å². The Kier molecular flexibility index (Phi) is 3.85. The molecule has 2 heterocycles. The summed E-state index contributed by atoms with van der Waals surface area (Å²) in [4.78, 5) is 29.6. The molecule has 4 aromatic rings. The Balaban J connectivity index is 1.86. The molecule has 130 valence electrons. The lowest BCUT2D eigenvalue weighted by atomic mass is 10.1. The number of ether oxygens (including phenoxy) is 1. The first-order chi connectivity index (χ1) is 12.5. The number of thiazole rings is 1. The molecule has 26 heavy (non-hydrogen) atoms. The highest BCUT2D eigenvalue weighted by Crippen LogP contribution is 2.20. The summed E-state index contributed by atoms with van der Waals surface area (Å²) in [6, 6.07) is 11.0. The maximum atomic E-state index is 12.9. The Morgan fingerprint density at radius 1 is 1.15 bits per heavy atom. The summed E-state index contributed by atoms with van der Waals surface area (Å²) in [7, 11) is 1.35. The Morgan fingerprint density at radius 2 is 1.85 bits per heavy atom. The van der Waals surface area contributed by atoms with Gasteiger partial charge in [-0.25, -0.2) is 14.2 Å². The van der Waals surface area contributed by atoms with Crippen LogP contribution in [0.25, 0.3) is 22.1 Å². The van der Waals surface area contributed by atoms with Crippen LogP contribution >= 0.6 is 11.3 Å². The van der Waals surface area contributed by atoms with Crippen molar-refractivity contribution >= 4 is 39.4 Å². The van der Waals surface area contributed by atoms with Crippen molar-refractivity contribution in [2.24, 2.45) is 0 Å². The van der Waals surface area contributed by atoms with Crippen LogP contribution in [0.2, 0.25) is 0 Å². The van der Waals surface area contributed by atoms with Gasteiger partial charge in [0.05, 0.1) is 28.2 Å². The van der Waals surface area contributed by atoms with Crippen molar-refractivity contribution in [2.75, 3.05) is 7.11 Å². The van der Waals surface area contributed by atoms with Crippen LogP contribution in [0.1, 0.15) is 27.0 Å². The molecule has 5 nitrogen and oxygen atoms in total. The molecule has 0 saturated heterocycles. The van der Waals surface area contributed by atoms with Gasteiger partial charge in [0.25, 0.3) is 5.56 Å². The molecule has 2 aromatic carbocycles. The Labute approximate surface area is 153 Å². The fourth-order valence-corrected chi connectivity index (χ4v) is 3.89. The van der Waals surface area contributed by atoms with Crippen molar-refractivity contribution in [3.8, 4) is 0 Å². The van der Waals surface area contributed by atoms with E-state index in [9.17, 15) is 9.59 Å². The highest BCUT2D eigenvalue weighted by atomic mass is 32.1. The van der Waals surface area contributed by atoms with Crippen molar-refractivity contribution in [3.05, 3.63) is 73.5 Å². The molecule has 2 aromatic heterocycles. The van der Waals surface area contributed by atoms with E-state index in [1.165, 1.54) is 18.4 Å². The number of rotatable bonds is 2. The lowest BCUT2D eigenvalue weighted by Crippen LogP contribution is -2.22. The Hall–Kier alpha value is -2.99. The zero-order valence-corrected chi connectivity index (χ0v) is 15.4. The van der Waals surface area contributed by atoms with Crippen molar-refractivity contribution in [3.63, 3.8) is 0 Å². The van der Waals surface area contributed by atoms with E-state index >= 15 is 0 Å². The van der Waals surface area contributed by atoms with Gasteiger partial charge in [-0.3, -0.25) is 4.79 Å². The van der Waals surface area contributed by atoms with E-state index in [0.29, 0.717) is 15.1 Å². The second-order valence-corrected chi connectivity index (χ2v) is 7.19. The number of esters is 1. The molecule has 0 aliphatic rings. The molecule has 0 atom stereocenters. The van der Waals surface area contributed by atoms with Gasteiger partial charge in [0.15, 0.2) is 4.96 Å². The molecule has 0 bridgehead atoms. The highest BCUT2D eigenvalue weighted by molar-refractivity contribution is 7.15. The van der Waals surface area contributed by atoms with Gasteiger partial charge in [-0.05, 0) is 60.9 Å². The number of hydrogen-bond acceptors (Lipinski definition) is 5. The number of benzene rings is 2. The first-order valence-corrected chi connectivity index (χ1v) is 8.92. The van der Waals surface area contributed by atoms with Gasteiger partial charge in [-0.15, -0.1) is 0 Å². The smallest absolute Gasteiger partial charge is 0.337 e. The fraction of sp³-hybridized carbons (Fsp3) is 0.150. The second-order valence-electron chi connectivity index (χ2n) is 6.18. The second kappa shape index (κ2) is 6.07. The van der Waals surface area contributed by atoms with E-state index < -0.39 is 0 Å². The summed E-state index contributed by atoms with van der Waals surface area (Å²) in [5, 5.41) is 0. The molecule has 0 radical (unpaired) electrons. The van der Waals surface area contributed by atoms with Crippen LogP contribution in [-0.4, -0.2) is 22.5 Å². The van der Waals surface area contributed by atoms with Crippen molar-refractivity contribution < 1.29 is 9.53 Å². The lowest BCUT2D eigenvalue weighted by molar-refractivity contribution is 0.0600. The molecule has 6 heteroatoms. The van der Waals surface area contributed by atoms with Gasteiger partial charge in [0, 0.05) is 0 Å². The lowest BCUT2D eigenvalue weighted by Gasteiger charge is -1.99. The molecule has 0 N–H and O–H groups in total. The summed E-state index contributed by atoms with van der Waals surface area (Å²) < 4.78 is 6.97. The molecule has 0 spiro atoms. The van der Waals surface area contributed by atoms with Crippen molar-refractivity contribution in [1.82, 2.24) is 9.38 Å². The third-order valence-corrected chi connectivity index (χ3v) is 5.45. The predicted molar refractivity (Wildman–Crippen MR) is 103 cm³/mol. The van der Waals surface area contributed by atoms with Gasteiger partial charge in [-0.2, -0.15) is 0 Å². The topological polar surface area (TPSA) is 60.7 Å². The van der Waals surface area contributed by atoms with Crippen LogP contribution in [0, 0.1) is 13.8 Å². The van der Waals surface area contributed by atoms with Gasteiger partial charge < -0.3 is 4.74 Å². The number of imidazole rings is 1. The molecule has 0 aliphatic carbocycles. The Morgan fingerprint density at radius 3 is 2.54 bits per heavy atom. The third kappa shape index (κ3) is 2.59. The number of carbonyl (C=O) groups excluding carboxylic acids is 1. The van der Waals surface area contributed by atoms with Gasteiger partial charge in [0.1, 0.15) is 0 Å². The number of hydrogen-bond donors (Lipinski definition) is 0. The summed E-state index contributed by atoms with van der Waals surface area (Å²) in [6.45, 7) is 4.07. The van der Waals surface area contributed by atoms with Gasteiger partial charge in [0.2, 0.25) is 0 Å². The minimum atomic E-state index is -0.382. The van der Waals surface area contributed by atoms with E-state index in [1.54, 1.807) is 28.7 Å². The Bertz CT molecular complexity index is 1270. The molecule has 0 saturated carbocycles. The minimum Gasteiger partial charge on any atom is -0.465 e. The summed E-state index contributed by atoms with van der Waals surface area (Å²) in [6.07, 6.45) is 1.82. The number of aromatic nitrogens is 2. The van der Waals surface area contributed by atoms with Gasteiger partial charge >= 0.3 is 5.97 Å². The van der Waals surface area contributed by atoms with Gasteiger partial charge in [-0.1, -0.05) is 23.5 Å². The number of carbonyl (C=O) groups is 1. The molecule has 0 aliphatic heterocycles. The average Bonchev–Trinajstić information content (AvgIpc) is 3.12. The van der Waals surface area contributed by atoms with Crippen LogP contribution < -0.4 is 10.1 Å². The van der Waals surface area contributed by atoms with Crippen molar-refractivity contribution in [1.29, 1.82) is 0 Å². The molecular weight excluding hydrogens is 348 g/mol. The first-order valence-electron chi connectivity index (χ1n) is 8.10. The first kappa shape index (κ1) is 16.5. The predicted octanol–water partition coefficient (Wildman–Crippen LogP) is 2.86. The highest BCUT2D eigenvalue weighted by Gasteiger charge is 2.12. The zero-order chi connectivity index (χ0) is 18.4. The zero-order valence-electron chi connectivity index (χ0n) is 14.6. The molecule has 0 amide bonds. The maximum absolute atomic E-state index is 12.9.